The van der Waals surface area contributed by atoms with Crippen molar-refractivity contribution in [3.05, 3.63) is 218 Å². The Kier molecular flexibility index (Phi) is 8.42. The highest BCUT2D eigenvalue weighted by Gasteiger charge is 2.21. The summed E-state index contributed by atoms with van der Waals surface area (Å²) in [7, 11) is 0. The molecule has 0 fully saturated rings. The van der Waals surface area contributed by atoms with Gasteiger partial charge in [-0.2, -0.15) is 0 Å². The van der Waals surface area contributed by atoms with Crippen molar-refractivity contribution in [3.8, 4) is 73.2 Å². The van der Waals surface area contributed by atoms with Crippen LogP contribution < -0.4 is 0 Å². The first-order valence-electron chi connectivity index (χ1n) is 20.8. The zero-order chi connectivity index (χ0) is 41.0. The van der Waals surface area contributed by atoms with Gasteiger partial charge in [-0.15, -0.1) is 0 Å². The van der Waals surface area contributed by atoms with E-state index >= 15 is 0 Å². The van der Waals surface area contributed by atoms with Crippen LogP contribution in [0.5, 0.6) is 0 Å². The molecular formula is C57H36N4O. The number of fused-ring (bicyclic) bond motifs is 6. The largest absolute Gasteiger partial charge is 0.455 e. The Hall–Kier alpha value is -8.41. The van der Waals surface area contributed by atoms with Crippen LogP contribution in [0.3, 0.4) is 0 Å². The summed E-state index contributed by atoms with van der Waals surface area (Å²) in [5.41, 5.74) is 14.3. The smallest absolute Gasteiger partial charge is 0.164 e. The molecule has 12 rings (SSSR count). The molecule has 0 unspecified atom stereocenters. The van der Waals surface area contributed by atoms with E-state index in [1.54, 1.807) is 0 Å². The molecule has 3 heterocycles. The first-order valence-corrected chi connectivity index (χ1v) is 20.8. The summed E-state index contributed by atoms with van der Waals surface area (Å²) < 4.78 is 9.43. The maximum atomic E-state index is 7.02. The van der Waals surface area contributed by atoms with Gasteiger partial charge in [0.25, 0.3) is 0 Å². The topological polar surface area (TPSA) is 56.7 Å². The van der Waals surface area contributed by atoms with Gasteiger partial charge in [-0.05, 0) is 70.3 Å². The number of benzene rings is 9. The van der Waals surface area contributed by atoms with Gasteiger partial charge in [-0.3, -0.25) is 0 Å². The molecule has 290 valence electrons. The summed E-state index contributed by atoms with van der Waals surface area (Å²) in [5.74, 6) is 1.81. The van der Waals surface area contributed by atoms with Crippen molar-refractivity contribution in [1.29, 1.82) is 0 Å². The van der Waals surface area contributed by atoms with E-state index in [1.807, 2.05) is 60.7 Å². The van der Waals surface area contributed by atoms with Crippen LogP contribution in [-0.4, -0.2) is 19.5 Å². The van der Waals surface area contributed by atoms with E-state index in [2.05, 4.69) is 162 Å². The molecular weight excluding hydrogens is 757 g/mol. The fraction of sp³-hybridized carbons (Fsp3) is 0. The molecule has 0 saturated carbocycles. The molecule has 0 aliphatic carbocycles. The van der Waals surface area contributed by atoms with E-state index in [-0.39, 0.29) is 0 Å². The number of para-hydroxylation sites is 1. The van der Waals surface area contributed by atoms with E-state index in [1.165, 1.54) is 21.9 Å². The Morgan fingerprint density at radius 2 is 0.806 bits per heavy atom. The molecule has 5 nitrogen and oxygen atoms in total. The molecule has 3 aromatic heterocycles. The Morgan fingerprint density at radius 3 is 1.47 bits per heavy atom. The van der Waals surface area contributed by atoms with Crippen LogP contribution in [-0.2, 0) is 0 Å². The van der Waals surface area contributed by atoms with Gasteiger partial charge >= 0.3 is 0 Å². The van der Waals surface area contributed by atoms with Crippen molar-refractivity contribution >= 4 is 43.7 Å². The molecule has 62 heavy (non-hydrogen) atoms. The summed E-state index contributed by atoms with van der Waals surface area (Å²) in [6, 6.07) is 76.5. The Morgan fingerprint density at radius 1 is 0.306 bits per heavy atom. The van der Waals surface area contributed by atoms with Gasteiger partial charge in [0.05, 0.1) is 11.0 Å². The van der Waals surface area contributed by atoms with Crippen LogP contribution in [0.4, 0.5) is 0 Å². The molecule has 0 N–H and O–H groups in total. The molecule has 0 saturated heterocycles. The molecule has 12 aromatic rings. The van der Waals surface area contributed by atoms with Crippen LogP contribution in [0.1, 0.15) is 0 Å². The summed E-state index contributed by atoms with van der Waals surface area (Å²) in [4.78, 5) is 15.0. The number of furan rings is 1. The standard InChI is InChI=1S/C57H36N4O/c1-5-16-37(17-6-1)41-24-15-25-43(32-41)49-35-45(61-51-27-14-13-26-46(51)47-30-28-42(33-52(47)61)38-18-7-2-8-19-38)36-50-48-31-29-44(34-53(48)62-54(49)50)57-59-55(39-20-9-3-10-21-39)58-56(60-57)40-22-11-4-12-23-40/h1-36H. The van der Waals surface area contributed by atoms with Crippen LogP contribution in [0.2, 0.25) is 0 Å². The molecule has 0 amide bonds. The Bertz CT molecular complexity index is 3560. The number of hydrogen-bond acceptors (Lipinski definition) is 4. The van der Waals surface area contributed by atoms with E-state index in [0.717, 1.165) is 77.6 Å². The number of nitrogens with zero attached hydrogens (tertiary/aromatic N) is 4. The third-order valence-electron chi connectivity index (χ3n) is 11.8. The highest BCUT2D eigenvalue weighted by molar-refractivity contribution is 6.14. The zero-order valence-corrected chi connectivity index (χ0v) is 33.5. The summed E-state index contributed by atoms with van der Waals surface area (Å²) >= 11 is 0. The molecule has 0 radical (unpaired) electrons. The number of rotatable bonds is 7. The Balaban J connectivity index is 1.10. The van der Waals surface area contributed by atoms with Gasteiger partial charge in [0.15, 0.2) is 17.5 Å². The third kappa shape index (κ3) is 6.14. The molecule has 5 heteroatoms. The van der Waals surface area contributed by atoms with Gasteiger partial charge < -0.3 is 8.98 Å². The predicted molar refractivity (Wildman–Crippen MR) is 254 cm³/mol. The van der Waals surface area contributed by atoms with E-state index in [4.69, 9.17) is 19.4 Å². The Labute approximate surface area is 357 Å². The second kappa shape index (κ2) is 14.7. The lowest BCUT2D eigenvalue weighted by Gasteiger charge is -2.13. The average Bonchev–Trinajstić information content (AvgIpc) is 3.89. The second-order valence-electron chi connectivity index (χ2n) is 15.6. The molecule has 0 aliphatic heterocycles. The van der Waals surface area contributed by atoms with Gasteiger partial charge in [0.2, 0.25) is 0 Å². The van der Waals surface area contributed by atoms with Gasteiger partial charge in [-0.1, -0.05) is 176 Å². The third-order valence-corrected chi connectivity index (χ3v) is 11.8. The molecule has 0 spiro atoms. The first kappa shape index (κ1) is 35.5. The van der Waals surface area contributed by atoms with Crippen LogP contribution in [0, 0.1) is 0 Å². The lowest BCUT2D eigenvalue weighted by Crippen LogP contribution is -2.00. The first-order chi connectivity index (χ1) is 30.7. The summed E-state index contributed by atoms with van der Waals surface area (Å²) in [6.45, 7) is 0. The molecule has 0 aliphatic rings. The zero-order valence-electron chi connectivity index (χ0n) is 33.5. The summed E-state index contributed by atoms with van der Waals surface area (Å²) in [5, 5.41) is 4.45. The monoisotopic (exact) mass is 792 g/mol. The van der Waals surface area contributed by atoms with Crippen LogP contribution in [0.25, 0.3) is 117 Å². The van der Waals surface area contributed by atoms with Crippen molar-refractivity contribution < 1.29 is 4.42 Å². The summed E-state index contributed by atoms with van der Waals surface area (Å²) in [6.07, 6.45) is 0. The minimum absolute atomic E-state index is 0.580. The van der Waals surface area contributed by atoms with Gasteiger partial charge in [0, 0.05) is 49.5 Å². The molecule has 9 aromatic carbocycles. The van der Waals surface area contributed by atoms with E-state index < -0.39 is 0 Å². The SMILES string of the molecule is c1ccc(-c2cccc(-c3cc(-n4c5ccccc5c5ccc(-c6ccccc6)cc54)cc4c3oc3cc(-c5nc(-c6ccccc6)nc(-c6ccccc6)n5)ccc34)c2)cc1. The average molecular weight is 793 g/mol. The van der Waals surface area contributed by atoms with Crippen molar-refractivity contribution in [2.75, 3.05) is 0 Å². The van der Waals surface area contributed by atoms with Crippen molar-refractivity contribution in [3.63, 3.8) is 0 Å². The second-order valence-corrected chi connectivity index (χ2v) is 15.6. The van der Waals surface area contributed by atoms with Gasteiger partial charge in [0.1, 0.15) is 11.2 Å². The van der Waals surface area contributed by atoms with Crippen LogP contribution >= 0.6 is 0 Å². The van der Waals surface area contributed by atoms with Crippen molar-refractivity contribution in [2.24, 2.45) is 0 Å². The molecule has 0 bridgehead atoms. The normalized spacial score (nSPS) is 11.5. The maximum Gasteiger partial charge on any atom is 0.164 e. The number of hydrogen-bond donors (Lipinski definition) is 0. The lowest BCUT2D eigenvalue weighted by atomic mass is 9.97. The van der Waals surface area contributed by atoms with E-state index in [9.17, 15) is 0 Å². The van der Waals surface area contributed by atoms with E-state index in [0.29, 0.717) is 17.5 Å². The fourth-order valence-electron chi connectivity index (χ4n) is 8.84. The highest BCUT2D eigenvalue weighted by Crippen LogP contribution is 2.43. The van der Waals surface area contributed by atoms with Gasteiger partial charge in [-0.25, -0.2) is 15.0 Å². The molecule has 0 atom stereocenters. The lowest BCUT2D eigenvalue weighted by molar-refractivity contribution is 0.670. The quantitative estimate of drug-likeness (QED) is 0.161. The predicted octanol–water partition coefficient (Wildman–Crippen LogP) is 14.9. The number of aromatic nitrogens is 4. The maximum absolute atomic E-state index is 7.02. The minimum atomic E-state index is 0.580. The van der Waals surface area contributed by atoms with Crippen molar-refractivity contribution in [1.82, 2.24) is 19.5 Å². The minimum Gasteiger partial charge on any atom is -0.455 e. The van der Waals surface area contributed by atoms with Crippen LogP contribution in [0.15, 0.2) is 223 Å². The van der Waals surface area contributed by atoms with Crippen molar-refractivity contribution in [2.45, 2.75) is 0 Å². The fourth-order valence-corrected chi connectivity index (χ4v) is 8.84. The highest BCUT2D eigenvalue weighted by atomic mass is 16.3.